The Labute approximate surface area is 122 Å². The van der Waals surface area contributed by atoms with Gasteiger partial charge >= 0.3 is 0 Å². The molecule has 0 radical (unpaired) electrons. The highest BCUT2D eigenvalue weighted by atomic mass is 14.7. The lowest BCUT2D eigenvalue weighted by Crippen LogP contribution is -1.78. The Morgan fingerprint density at radius 1 is 0.762 bits per heavy atom. The van der Waals surface area contributed by atoms with E-state index in [2.05, 4.69) is 46.4 Å². The fourth-order valence-electron chi connectivity index (χ4n) is 2.66. The van der Waals surface area contributed by atoms with Crippen molar-refractivity contribution in [3.63, 3.8) is 0 Å². The van der Waals surface area contributed by atoms with Crippen molar-refractivity contribution in [3.05, 3.63) is 78.5 Å². The lowest BCUT2D eigenvalue weighted by atomic mass is 10.1. The zero-order valence-corrected chi connectivity index (χ0v) is 11.5. The topological polar surface area (TPSA) is 28.1 Å². The Morgan fingerprint density at radius 3 is 2.48 bits per heavy atom. The van der Waals surface area contributed by atoms with E-state index in [1.165, 1.54) is 21.7 Å². The maximum absolute atomic E-state index is 4.53. The first-order valence-corrected chi connectivity index (χ1v) is 7.00. The molecule has 2 heteroatoms. The summed E-state index contributed by atoms with van der Waals surface area (Å²) in [6, 6.07) is 22.7. The third-order valence-electron chi connectivity index (χ3n) is 3.72. The highest BCUT2D eigenvalue weighted by molar-refractivity contribution is 6.11. The molecule has 0 bridgehead atoms. The third-order valence-corrected chi connectivity index (χ3v) is 3.72. The van der Waals surface area contributed by atoms with Gasteiger partial charge in [-0.15, -0.1) is 0 Å². The summed E-state index contributed by atoms with van der Waals surface area (Å²) in [6.45, 7) is 0. The van der Waals surface area contributed by atoms with E-state index in [4.69, 9.17) is 0 Å². The van der Waals surface area contributed by atoms with Crippen LogP contribution in [0.15, 0.2) is 77.9 Å². The van der Waals surface area contributed by atoms with Crippen molar-refractivity contribution < 1.29 is 0 Å². The predicted molar refractivity (Wildman–Crippen MR) is 89.5 cm³/mol. The molecule has 0 aliphatic carbocycles. The molecular formula is C19H14N2. The maximum atomic E-state index is 4.53. The summed E-state index contributed by atoms with van der Waals surface area (Å²) in [5.41, 5.74) is 3.25. The zero-order chi connectivity index (χ0) is 14.1. The minimum absolute atomic E-state index is 0.965. The molecule has 100 valence electrons. The van der Waals surface area contributed by atoms with Crippen molar-refractivity contribution in [2.24, 2.45) is 4.99 Å². The van der Waals surface area contributed by atoms with Gasteiger partial charge in [-0.05, 0) is 17.5 Å². The lowest BCUT2D eigenvalue weighted by Gasteiger charge is -1.99. The van der Waals surface area contributed by atoms with Crippen molar-refractivity contribution in [2.75, 3.05) is 0 Å². The van der Waals surface area contributed by atoms with Gasteiger partial charge in [0, 0.05) is 28.7 Å². The van der Waals surface area contributed by atoms with Gasteiger partial charge in [-0.3, -0.25) is 4.99 Å². The molecule has 0 unspecified atom stereocenters. The standard InChI is InChI=1S/C19H14N2/c1-2-7-16(8-3-1)20-12-15-13-21-19-17-9-5-4-6-14(17)10-11-18(15)19/h1-13,21H. The van der Waals surface area contributed by atoms with Crippen LogP contribution in [0.3, 0.4) is 0 Å². The molecule has 0 aliphatic heterocycles. The first-order chi connectivity index (χ1) is 10.4. The summed E-state index contributed by atoms with van der Waals surface area (Å²) in [7, 11) is 0. The van der Waals surface area contributed by atoms with Crippen LogP contribution in [0.5, 0.6) is 0 Å². The van der Waals surface area contributed by atoms with Crippen molar-refractivity contribution in [3.8, 4) is 0 Å². The van der Waals surface area contributed by atoms with Crippen LogP contribution in [0.2, 0.25) is 0 Å². The van der Waals surface area contributed by atoms with Crippen LogP contribution < -0.4 is 0 Å². The van der Waals surface area contributed by atoms with Gasteiger partial charge in [0.2, 0.25) is 0 Å². The van der Waals surface area contributed by atoms with Crippen molar-refractivity contribution >= 4 is 33.6 Å². The first kappa shape index (κ1) is 11.9. The van der Waals surface area contributed by atoms with Crippen LogP contribution in [0.25, 0.3) is 21.7 Å². The molecule has 0 atom stereocenters. The summed E-state index contributed by atoms with van der Waals surface area (Å²) in [6.07, 6.45) is 3.94. The van der Waals surface area contributed by atoms with Crippen molar-refractivity contribution in [2.45, 2.75) is 0 Å². The minimum Gasteiger partial charge on any atom is -0.360 e. The molecule has 0 amide bonds. The smallest absolute Gasteiger partial charge is 0.0629 e. The van der Waals surface area contributed by atoms with Crippen LogP contribution >= 0.6 is 0 Å². The quantitative estimate of drug-likeness (QED) is 0.492. The van der Waals surface area contributed by atoms with Gasteiger partial charge in [0.25, 0.3) is 0 Å². The summed E-state index contributed by atoms with van der Waals surface area (Å²) >= 11 is 0. The van der Waals surface area contributed by atoms with E-state index in [-0.39, 0.29) is 0 Å². The Balaban J connectivity index is 1.84. The van der Waals surface area contributed by atoms with Crippen LogP contribution in [0, 0.1) is 0 Å². The normalized spacial score (nSPS) is 11.6. The number of para-hydroxylation sites is 1. The van der Waals surface area contributed by atoms with E-state index in [1.807, 2.05) is 42.7 Å². The number of H-pyrrole nitrogens is 1. The Kier molecular flexibility index (Phi) is 2.79. The summed E-state index contributed by atoms with van der Waals surface area (Å²) in [5, 5.41) is 3.70. The van der Waals surface area contributed by atoms with Gasteiger partial charge in [-0.25, -0.2) is 0 Å². The van der Waals surface area contributed by atoms with Gasteiger partial charge in [0.15, 0.2) is 0 Å². The van der Waals surface area contributed by atoms with Crippen LogP contribution in [0.1, 0.15) is 5.56 Å². The highest BCUT2D eigenvalue weighted by Crippen LogP contribution is 2.26. The number of aliphatic imine (C=N–C) groups is 1. The van der Waals surface area contributed by atoms with E-state index in [9.17, 15) is 0 Å². The molecule has 3 aromatic carbocycles. The molecule has 1 N–H and O–H groups in total. The average molecular weight is 270 g/mol. The van der Waals surface area contributed by atoms with Crippen LogP contribution in [-0.2, 0) is 0 Å². The summed E-state index contributed by atoms with van der Waals surface area (Å²) < 4.78 is 0. The molecule has 1 aromatic heterocycles. The number of fused-ring (bicyclic) bond motifs is 3. The Morgan fingerprint density at radius 2 is 1.57 bits per heavy atom. The number of rotatable bonds is 2. The molecular weight excluding hydrogens is 256 g/mol. The second-order valence-electron chi connectivity index (χ2n) is 5.05. The van der Waals surface area contributed by atoms with Gasteiger partial charge < -0.3 is 4.98 Å². The number of hydrogen-bond acceptors (Lipinski definition) is 1. The first-order valence-electron chi connectivity index (χ1n) is 7.00. The van der Waals surface area contributed by atoms with Gasteiger partial charge in [-0.1, -0.05) is 54.6 Å². The molecule has 1 heterocycles. The van der Waals surface area contributed by atoms with E-state index < -0.39 is 0 Å². The van der Waals surface area contributed by atoms with Crippen molar-refractivity contribution in [1.29, 1.82) is 0 Å². The molecule has 2 nitrogen and oxygen atoms in total. The third kappa shape index (κ3) is 2.11. The summed E-state index contributed by atoms with van der Waals surface area (Å²) in [5.74, 6) is 0. The number of nitrogens with one attached hydrogen (secondary N) is 1. The predicted octanol–water partition coefficient (Wildman–Crippen LogP) is 5.07. The maximum Gasteiger partial charge on any atom is 0.0629 e. The van der Waals surface area contributed by atoms with Gasteiger partial charge in [0.1, 0.15) is 0 Å². The van der Waals surface area contributed by atoms with Gasteiger partial charge in [-0.2, -0.15) is 0 Å². The number of aromatic amines is 1. The minimum atomic E-state index is 0.965. The average Bonchev–Trinajstić information content (AvgIpc) is 2.97. The molecule has 0 spiro atoms. The molecule has 0 saturated heterocycles. The number of aromatic nitrogens is 1. The second kappa shape index (κ2) is 4.91. The molecule has 4 aromatic rings. The van der Waals surface area contributed by atoms with Crippen molar-refractivity contribution in [1.82, 2.24) is 4.98 Å². The number of benzene rings is 3. The molecule has 4 rings (SSSR count). The number of nitrogens with zero attached hydrogens (tertiary/aromatic N) is 1. The fourth-order valence-corrected chi connectivity index (χ4v) is 2.66. The second-order valence-corrected chi connectivity index (χ2v) is 5.05. The number of hydrogen-bond donors (Lipinski definition) is 1. The van der Waals surface area contributed by atoms with E-state index >= 15 is 0 Å². The van der Waals surface area contributed by atoms with Crippen LogP contribution in [-0.4, -0.2) is 11.2 Å². The van der Waals surface area contributed by atoms with Gasteiger partial charge in [0.05, 0.1) is 11.2 Å². The Hall–Kier alpha value is -2.87. The van der Waals surface area contributed by atoms with E-state index in [0.29, 0.717) is 0 Å². The zero-order valence-electron chi connectivity index (χ0n) is 11.5. The Bertz CT molecular complexity index is 934. The molecule has 0 fully saturated rings. The summed E-state index contributed by atoms with van der Waals surface area (Å²) in [4.78, 5) is 7.91. The molecule has 0 aliphatic rings. The molecule has 0 saturated carbocycles. The SMILES string of the molecule is C(=Nc1ccccc1)c1c[nH]c2c1ccc1ccccc12. The highest BCUT2D eigenvalue weighted by Gasteiger charge is 2.05. The monoisotopic (exact) mass is 270 g/mol. The van der Waals surface area contributed by atoms with E-state index in [1.54, 1.807) is 0 Å². The lowest BCUT2D eigenvalue weighted by molar-refractivity contribution is 1.48. The van der Waals surface area contributed by atoms with Crippen LogP contribution in [0.4, 0.5) is 5.69 Å². The van der Waals surface area contributed by atoms with E-state index in [0.717, 1.165) is 11.3 Å². The fraction of sp³-hybridized carbons (Fsp3) is 0. The largest absolute Gasteiger partial charge is 0.360 e. The molecule has 21 heavy (non-hydrogen) atoms.